The van der Waals surface area contributed by atoms with Crippen molar-refractivity contribution in [2.45, 2.75) is 0 Å². The summed E-state index contributed by atoms with van der Waals surface area (Å²) in [6, 6.07) is 55.9. The highest BCUT2D eigenvalue weighted by molar-refractivity contribution is 5.66. The van der Waals surface area contributed by atoms with E-state index in [1.807, 2.05) is 127 Å². The third-order valence-corrected chi connectivity index (χ3v) is 7.20. The first-order chi connectivity index (χ1) is 22.2. The average Bonchev–Trinajstić information content (AvgIpc) is 3.10. The van der Waals surface area contributed by atoms with E-state index < -0.39 is 0 Å². The van der Waals surface area contributed by atoms with E-state index in [-0.39, 0.29) is 6.01 Å². The minimum Gasteiger partial charge on any atom is -0.439 e. The maximum atomic E-state index is 6.17. The Balaban J connectivity index is 1.15. The van der Waals surface area contributed by atoms with Crippen LogP contribution in [0.2, 0.25) is 0 Å². The minimum atomic E-state index is 0.108. The van der Waals surface area contributed by atoms with Gasteiger partial charge in [-0.2, -0.15) is 9.97 Å². The monoisotopic (exact) mass is 584 g/mol. The van der Waals surface area contributed by atoms with E-state index in [0.29, 0.717) is 29.0 Å². The number of rotatable bonds is 9. The molecule has 0 aliphatic carbocycles. The third-order valence-electron chi connectivity index (χ3n) is 7.20. The van der Waals surface area contributed by atoms with Crippen LogP contribution in [0.15, 0.2) is 170 Å². The molecule has 0 radical (unpaired) electrons. The van der Waals surface area contributed by atoms with Crippen molar-refractivity contribution in [3.8, 4) is 68.4 Å². The van der Waals surface area contributed by atoms with Crippen molar-refractivity contribution in [1.29, 1.82) is 0 Å². The minimum absolute atomic E-state index is 0.108. The Morgan fingerprint density at radius 1 is 0.289 bits per heavy atom. The van der Waals surface area contributed by atoms with Crippen molar-refractivity contribution in [1.82, 2.24) is 9.97 Å². The molecule has 0 amide bonds. The maximum absolute atomic E-state index is 6.17. The molecule has 5 nitrogen and oxygen atoms in total. The predicted octanol–water partition coefficient (Wildman–Crippen LogP) is 10.9. The number of hydrogen-bond acceptors (Lipinski definition) is 5. The number of aromatic nitrogens is 2. The van der Waals surface area contributed by atoms with E-state index >= 15 is 0 Å². The van der Waals surface area contributed by atoms with Crippen LogP contribution in [0.25, 0.3) is 33.4 Å². The van der Waals surface area contributed by atoms with Crippen LogP contribution in [0.3, 0.4) is 0 Å². The van der Waals surface area contributed by atoms with Crippen LogP contribution in [-0.2, 0) is 0 Å². The second kappa shape index (κ2) is 13.0. The Morgan fingerprint density at radius 3 is 0.911 bits per heavy atom. The van der Waals surface area contributed by atoms with Crippen LogP contribution in [0, 0.1) is 0 Å². The lowest BCUT2D eigenvalue weighted by Gasteiger charge is -2.12. The van der Waals surface area contributed by atoms with Crippen LogP contribution < -0.4 is 14.2 Å². The molecule has 216 valence electrons. The van der Waals surface area contributed by atoms with Crippen molar-refractivity contribution in [3.05, 3.63) is 170 Å². The van der Waals surface area contributed by atoms with E-state index in [9.17, 15) is 0 Å². The van der Waals surface area contributed by atoms with Gasteiger partial charge in [0.1, 0.15) is 17.2 Å². The van der Waals surface area contributed by atoms with Gasteiger partial charge in [0, 0.05) is 0 Å². The van der Waals surface area contributed by atoms with Gasteiger partial charge in [-0.15, -0.1) is 0 Å². The van der Waals surface area contributed by atoms with Gasteiger partial charge < -0.3 is 14.2 Å². The molecule has 0 saturated heterocycles. The zero-order valence-electron chi connectivity index (χ0n) is 24.3. The summed E-state index contributed by atoms with van der Waals surface area (Å²) in [5, 5.41) is 0. The number of benzene rings is 6. The molecule has 0 saturated carbocycles. The highest BCUT2D eigenvalue weighted by Crippen LogP contribution is 2.32. The standard InChI is InChI=1S/C40H28N2O3/c1-4-10-29(11-5-1)32-16-22-35(23-17-32)43-38-28-39(44-36-24-18-33(19-25-36)30-12-6-2-7-13-30)42-40(41-38)45-37-26-20-34(21-27-37)31-14-8-3-9-15-31/h1-28H. The largest absolute Gasteiger partial charge is 0.439 e. The van der Waals surface area contributed by atoms with E-state index in [1.165, 1.54) is 0 Å². The van der Waals surface area contributed by atoms with Gasteiger partial charge in [-0.05, 0) is 69.8 Å². The van der Waals surface area contributed by atoms with E-state index in [1.54, 1.807) is 6.07 Å². The lowest BCUT2D eigenvalue weighted by molar-refractivity contribution is 0.387. The summed E-state index contributed by atoms with van der Waals surface area (Å²) in [6.45, 7) is 0. The van der Waals surface area contributed by atoms with Crippen LogP contribution in [0.5, 0.6) is 35.0 Å². The maximum Gasteiger partial charge on any atom is 0.328 e. The molecular weight excluding hydrogens is 556 g/mol. The molecule has 0 spiro atoms. The Labute approximate surface area is 262 Å². The van der Waals surface area contributed by atoms with Crippen molar-refractivity contribution in [3.63, 3.8) is 0 Å². The smallest absolute Gasteiger partial charge is 0.328 e. The van der Waals surface area contributed by atoms with Gasteiger partial charge in [0.2, 0.25) is 11.8 Å². The SMILES string of the molecule is c1ccc(-c2ccc(Oc3cc(Oc4ccc(-c5ccccc5)cc4)nc(Oc4ccc(-c5ccccc5)cc4)n3)cc2)cc1. The molecule has 7 aromatic rings. The van der Waals surface area contributed by atoms with Crippen LogP contribution >= 0.6 is 0 Å². The van der Waals surface area contributed by atoms with E-state index in [0.717, 1.165) is 33.4 Å². The van der Waals surface area contributed by atoms with Gasteiger partial charge >= 0.3 is 6.01 Å². The Hall–Kier alpha value is -6.20. The summed E-state index contributed by atoms with van der Waals surface area (Å²) in [7, 11) is 0. The highest BCUT2D eigenvalue weighted by atomic mass is 16.5. The molecule has 0 aliphatic rings. The Kier molecular flexibility index (Phi) is 7.97. The molecule has 0 N–H and O–H groups in total. The molecular formula is C40H28N2O3. The summed E-state index contributed by atoms with van der Waals surface area (Å²) >= 11 is 0. The molecule has 1 heterocycles. The Morgan fingerprint density at radius 2 is 0.578 bits per heavy atom. The fraction of sp³-hybridized carbons (Fsp3) is 0. The molecule has 0 unspecified atom stereocenters. The molecule has 0 bridgehead atoms. The molecule has 5 heteroatoms. The first kappa shape index (κ1) is 27.6. The normalized spacial score (nSPS) is 10.7. The fourth-order valence-electron chi connectivity index (χ4n) is 4.92. The third kappa shape index (κ3) is 6.90. The molecule has 7 rings (SSSR count). The summed E-state index contributed by atoms with van der Waals surface area (Å²) in [4.78, 5) is 9.09. The molecule has 0 aliphatic heterocycles. The summed E-state index contributed by atoms with van der Waals surface area (Å²) in [5.41, 5.74) is 6.67. The Bertz CT molecular complexity index is 1730. The first-order valence-electron chi connectivity index (χ1n) is 14.6. The molecule has 45 heavy (non-hydrogen) atoms. The van der Waals surface area contributed by atoms with Gasteiger partial charge in [-0.25, -0.2) is 0 Å². The van der Waals surface area contributed by atoms with Crippen molar-refractivity contribution in [2.75, 3.05) is 0 Å². The quantitative estimate of drug-likeness (QED) is 0.169. The first-order valence-corrected chi connectivity index (χ1v) is 14.6. The van der Waals surface area contributed by atoms with Crippen LogP contribution in [0.1, 0.15) is 0 Å². The second-order valence-electron chi connectivity index (χ2n) is 10.3. The molecule has 0 atom stereocenters. The second-order valence-corrected chi connectivity index (χ2v) is 10.3. The van der Waals surface area contributed by atoms with Crippen LogP contribution in [0.4, 0.5) is 0 Å². The zero-order chi connectivity index (χ0) is 30.3. The predicted molar refractivity (Wildman–Crippen MR) is 178 cm³/mol. The topological polar surface area (TPSA) is 53.5 Å². The zero-order valence-corrected chi connectivity index (χ0v) is 24.3. The molecule has 6 aromatic carbocycles. The summed E-state index contributed by atoms with van der Waals surface area (Å²) in [6.07, 6.45) is 0. The summed E-state index contributed by atoms with van der Waals surface area (Å²) in [5.74, 6) is 2.44. The highest BCUT2D eigenvalue weighted by Gasteiger charge is 2.12. The lowest BCUT2D eigenvalue weighted by atomic mass is 10.1. The van der Waals surface area contributed by atoms with Gasteiger partial charge in [-0.1, -0.05) is 127 Å². The average molecular weight is 585 g/mol. The van der Waals surface area contributed by atoms with Crippen molar-refractivity contribution in [2.24, 2.45) is 0 Å². The number of nitrogens with zero attached hydrogens (tertiary/aromatic N) is 2. The van der Waals surface area contributed by atoms with Gasteiger partial charge in [0.25, 0.3) is 0 Å². The fourth-order valence-corrected chi connectivity index (χ4v) is 4.92. The van der Waals surface area contributed by atoms with Gasteiger partial charge in [0.15, 0.2) is 0 Å². The number of hydrogen-bond donors (Lipinski definition) is 0. The van der Waals surface area contributed by atoms with Gasteiger partial charge in [-0.3, -0.25) is 0 Å². The van der Waals surface area contributed by atoms with Crippen LogP contribution in [-0.4, -0.2) is 9.97 Å². The number of ether oxygens (including phenoxy) is 3. The van der Waals surface area contributed by atoms with Gasteiger partial charge in [0.05, 0.1) is 6.07 Å². The van der Waals surface area contributed by atoms with E-state index in [4.69, 9.17) is 14.2 Å². The summed E-state index contributed by atoms with van der Waals surface area (Å²) < 4.78 is 18.4. The van der Waals surface area contributed by atoms with Crippen molar-refractivity contribution < 1.29 is 14.2 Å². The molecule has 1 aromatic heterocycles. The van der Waals surface area contributed by atoms with Crippen molar-refractivity contribution >= 4 is 0 Å². The van der Waals surface area contributed by atoms with E-state index in [2.05, 4.69) is 46.4 Å². The molecule has 0 fully saturated rings. The lowest BCUT2D eigenvalue weighted by Crippen LogP contribution is -1.98.